The van der Waals surface area contributed by atoms with Gasteiger partial charge in [0.1, 0.15) is 5.76 Å². The Morgan fingerprint density at radius 2 is 1.71 bits per heavy atom. The number of amides is 2. The van der Waals surface area contributed by atoms with Crippen molar-refractivity contribution in [3.63, 3.8) is 0 Å². The molecule has 10 nitrogen and oxygen atoms in total. The van der Waals surface area contributed by atoms with Gasteiger partial charge in [-0.1, -0.05) is 24.3 Å². The van der Waals surface area contributed by atoms with Crippen LogP contribution < -0.4 is 4.90 Å². The fourth-order valence-electron chi connectivity index (χ4n) is 6.03. The summed E-state index contributed by atoms with van der Waals surface area (Å²) in [7, 11) is 0.0782. The number of ketones is 1. The predicted molar refractivity (Wildman–Crippen MR) is 155 cm³/mol. The molecular weight excluding hydrogens is 544 g/mol. The normalized spacial score (nSPS) is 22.4. The summed E-state index contributed by atoms with van der Waals surface area (Å²) in [6, 6.07) is 12.5. The molecule has 1 atom stereocenters. The Balaban J connectivity index is 1.67. The van der Waals surface area contributed by atoms with Crippen molar-refractivity contribution in [2.45, 2.75) is 29.7 Å². The van der Waals surface area contributed by atoms with Crippen molar-refractivity contribution in [3.8, 4) is 0 Å². The number of benzene rings is 2. The largest absolute Gasteiger partial charge is 0.507 e. The molecule has 3 aliphatic heterocycles. The van der Waals surface area contributed by atoms with E-state index in [0.29, 0.717) is 37.3 Å². The Hall–Kier alpha value is -3.80. The SMILES string of the molecule is C=CCN1C(=O)C2(C(=C(O)c3ccc(S(=O)(=O)N4CCCC4)cc3)C(=O)C(=O)N2CCCN(C)C)c2ccccc21. The molecule has 2 amide bonds. The van der Waals surface area contributed by atoms with Gasteiger partial charge in [0, 0.05) is 37.3 Å². The molecule has 0 saturated carbocycles. The van der Waals surface area contributed by atoms with Crippen molar-refractivity contribution < 1.29 is 27.9 Å². The lowest BCUT2D eigenvalue weighted by atomic mass is 9.82. The summed E-state index contributed by atoms with van der Waals surface area (Å²) in [5.41, 5.74) is -1.12. The van der Waals surface area contributed by atoms with Gasteiger partial charge in [0.2, 0.25) is 10.0 Å². The first-order chi connectivity index (χ1) is 19.6. The van der Waals surface area contributed by atoms with Crippen molar-refractivity contribution in [2.75, 3.05) is 51.7 Å². The monoisotopic (exact) mass is 578 g/mol. The van der Waals surface area contributed by atoms with Gasteiger partial charge in [0.15, 0.2) is 5.54 Å². The van der Waals surface area contributed by atoms with Crippen LogP contribution in [0.25, 0.3) is 5.76 Å². The van der Waals surface area contributed by atoms with Crippen LogP contribution in [0.4, 0.5) is 5.69 Å². The molecule has 1 unspecified atom stereocenters. The average Bonchev–Trinajstić information content (AvgIpc) is 3.64. The highest BCUT2D eigenvalue weighted by Gasteiger charge is 2.66. The molecule has 216 valence electrons. The number of hydrogen-bond acceptors (Lipinski definition) is 7. The summed E-state index contributed by atoms with van der Waals surface area (Å²) in [5.74, 6) is -2.91. The molecule has 11 heteroatoms. The van der Waals surface area contributed by atoms with Gasteiger partial charge in [0.05, 0.1) is 16.2 Å². The van der Waals surface area contributed by atoms with Crippen molar-refractivity contribution in [3.05, 3.63) is 77.9 Å². The summed E-state index contributed by atoms with van der Waals surface area (Å²) < 4.78 is 27.5. The average molecular weight is 579 g/mol. The summed E-state index contributed by atoms with van der Waals surface area (Å²) in [6.07, 6.45) is 3.64. The zero-order valence-corrected chi connectivity index (χ0v) is 24.1. The van der Waals surface area contributed by atoms with E-state index in [1.807, 2.05) is 19.0 Å². The van der Waals surface area contributed by atoms with Crippen molar-refractivity contribution >= 4 is 39.1 Å². The maximum absolute atomic E-state index is 14.3. The number of anilines is 1. The van der Waals surface area contributed by atoms with Gasteiger partial charge in [-0.05, 0) is 70.2 Å². The van der Waals surface area contributed by atoms with E-state index in [2.05, 4.69) is 6.58 Å². The number of aliphatic hydroxyl groups is 1. The molecule has 2 saturated heterocycles. The highest BCUT2D eigenvalue weighted by molar-refractivity contribution is 7.89. The zero-order chi connectivity index (χ0) is 29.5. The Morgan fingerprint density at radius 1 is 1.05 bits per heavy atom. The zero-order valence-electron chi connectivity index (χ0n) is 23.2. The van der Waals surface area contributed by atoms with Gasteiger partial charge in [-0.25, -0.2) is 8.42 Å². The summed E-state index contributed by atoms with van der Waals surface area (Å²) in [5, 5.41) is 11.7. The second kappa shape index (κ2) is 10.9. The summed E-state index contributed by atoms with van der Waals surface area (Å²) >= 11 is 0. The van der Waals surface area contributed by atoms with Crippen LogP contribution in [0.5, 0.6) is 0 Å². The molecule has 1 spiro atoms. The summed E-state index contributed by atoms with van der Waals surface area (Å²) in [6.45, 7) is 5.52. The van der Waals surface area contributed by atoms with Crippen LogP contribution in [0.1, 0.15) is 30.4 Å². The van der Waals surface area contributed by atoms with Gasteiger partial charge >= 0.3 is 0 Å². The molecule has 0 aromatic heterocycles. The second-order valence-corrected chi connectivity index (χ2v) is 12.7. The third-order valence-corrected chi connectivity index (χ3v) is 9.85. The minimum absolute atomic E-state index is 0.0641. The molecule has 3 aliphatic rings. The highest BCUT2D eigenvalue weighted by atomic mass is 32.2. The number of para-hydroxylation sites is 1. The van der Waals surface area contributed by atoms with E-state index >= 15 is 0 Å². The quantitative estimate of drug-likeness (QED) is 0.210. The lowest BCUT2D eigenvalue weighted by molar-refractivity contribution is -0.143. The van der Waals surface area contributed by atoms with Crippen LogP contribution in [0.3, 0.4) is 0 Å². The first kappa shape index (κ1) is 28.7. The standard InChI is InChI=1S/C30H34N4O6S/c1-4-16-33-24-11-6-5-10-23(24)30(29(33)38)25(27(36)28(37)34(30)20-9-17-31(2)3)26(35)21-12-14-22(15-13-21)41(39,40)32-18-7-8-19-32/h4-6,10-15,35H,1,7-9,16-20H2,2-3H3. The van der Waals surface area contributed by atoms with Crippen LogP contribution in [-0.2, 0) is 29.9 Å². The van der Waals surface area contributed by atoms with Gasteiger partial charge in [-0.2, -0.15) is 4.31 Å². The van der Waals surface area contributed by atoms with E-state index in [1.165, 1.54) is 38.4 Å². The Morgan fingerprint density at radius 3 is 2.34 bits per heavy atom. The van der Waals surface area contributed by atoms with Gasteiger partial charge < -0.3 is 19.8 Å². The fourth-order valence-corrected chi connectivity index (χ4v) is 7.55. The molecule has 2 aromatic carbocycles. The maximum Gasteiger partial charge on any atom is 0.296 e. The van der Waals surface area contributed by atoms with E-state index in [1.54, 1.807) is 30.3 Å². The number of aliphatic hydroxyl groups excluding tert-OH is 1. The van der Waals surface area contributed by atoms with Crippen molar-refractivity contribution in [1.29, 1.82) is 0 Å². The van der Waals surface area contributed by atoms with E-state index in [0.717, 1.165) is 12.8 Å². The lowest BCUT2D eigenvalue weighted by Crippen LogP contribution is -2.52. The van der Waals surface area contributed by atoms with Crippen LogP contribution >= 0.6 is 0 Å². The highest BCUT2D eigenvalue weighted by Crippen LogP contribution is 2.53. The van der Waals surface area contributed by atoms with Crippen molar-refractivity contribution in [1.82, 2.24) is 14.1 Å². The number of fused-ring (bicyclic) bond motifs is 2. The lowest BCUT2D eigenvalue weighted by Gasteiger charge is -2.34. The topological polar surface area (TPSA) is 119 Å². The molecule has 0 aliphatic carbocycles. The molecule has 5 rings (SSSR count). The number of likely N-dealkylation sites (tertiary alicyclic amines) is 1. The Kier molecular flexibility index (Phi) is 7.62. The second-order valence-electron chi connectivity index (χ2n) is 10.7. The number of sulfonamides is 1. The van der Waals surface area contributed by atoms with Crippen molar-refractivity contribution in [2.24, 2.45) is 0 Å². The Labute approximate surface area is 240 Å². The Bertz CT molecular complexity index is 1540. The van der Waals surface area contributed by atoms with E-state index in [-0.39, 0.29) is 29.1 Å². The number of carbonyl (C=O) groups excluding carboxylic acids is 3. The first-order valence-electron chi connectivity index (χ1n) is 13.6. The molecule has 2 aromatic rings. The summed E-state index contributed by atoms with van der Waals surface area (Å²) in [4.78, 5) is 46.4. The first-order valence-corrected chi connectivity index (χ1v) is 15.1. The molecule has 0 radical (unpaired) electrons. The smallest absolute Gasteiger partial charge is 0.296 e. The fraction of sp³-hybridized carbons (Fsp3) is 0.367. The van der Waals surface area contributed by atoms with Crippen LogP contribution in [0.2, 0.25) is 0 Å². The minimum atomic E-state index is -3.70. The van der Waals surface area contributed by atoms with Crippen LogP contribution in [0, 0.1) is 0 Å². The molecular formula is C30H34N4O6S. The predicted octanol–water partition coefficient (Wildman–Crippen LogP) is 2.53. The third kappa shape index (κ3) is 4.48. The number of hydrogen-bond donors (Lipinski definition) is 1. The molecule has 1 N–H and O–H groups in total. The van der Waals surface area contributed by atoms with Gasteiger partial charge in [0.25, 0.3) is 17.6 Å². The van der Waals surface area contributed by atoms with E-state index < -0.39 is 38.9 Å². The van der Waals surface area contributed by atoms with E-state index in [4.69, 9.17) is 0 Å². The molecule has 2 fully saturated rings. The van der Waals surface area contributed by atoms with Gasteiger partial charge in [-0.3, -0.25) is 14.4 Å². The van der Waals surface area contributed by atoms with Crippen LogP contribution in [0.15, 0.2) is 71.7 Å². The number of rotatable bonds is 9. The minimum Gasteiger partial charge on any atom is -0.507 e. The molecule has 41 heavy (non-hydrogen) atoms. The maximum atomic E-state index is 14.3. The third-order valence-electron chi connectivity index (χ3n) is 7.94. The van der Waals surface area contributed by atoms with Crippen LogP contribution in [-0.4, -0.2) is 92.0 Å². The molecule has 3 heterocycles. The van der Waals surface area contributed by atoms with Gasteiger partial charge in [-0.15, -0.1) is 6.58 Å². The number of nitrogens with zero attached hydrogens (tertiary/aromatic N) is 4. The number of Topliss-reactive ketones (excluding diaryl/α,β-unsaturated/α-hetero) is 1. The number of carbonyl (C=O) groups is 3. The molecule has 0 bridgehead atoms. The van der Waals surface area contributed by atoms with E-state index in [9.17, 15) is 27.9 Å².